The van der Waals surface area contributed by atoms with Crippen LogP contribution < -0.4 is 9.04 Å². The van der Waals surface area contributed by atoms with Crippen LogP contribution in [0.5, 0.6) is 5.75 Å². The molecule has 0 fully saturated rings. The highest BCUT2D eigenvalue weighted by atomic mass is 32.2. The second kappa shape index (κ2) is 9.73. The van der Waals surface area contributed by atoms with Crippen molar-refractivity contribution >= 4 is 21.7 Å². The fourth-order valence-electron chi connectivity index (χ4n) is 3.93. The molecule has 0 spiro atoms. The van der Waals surface area contributed by atoms with Gasteiger partial charge in [-0.15, -0.1) is 0 Å². The van der Waals surface area contributed by atoms with E-state index in [1.807, 2.05) is 0 Å². The van der Waals surface area contributed by atoms with Crippen LogP contribution in [0.3, 0.4) is 0 Å². The fourth-order valence-corrected chi connectivity index (χ4v) is 5.48. The van der Waals surface area contributed by atoms with Gasteiger partial charge in [0.25, 0.3) is 10.0 Å². The van der Waals surface area contributed by atoms with Gasteiger partial charge in [-0.25, -0.2) is 13.4 Å². The molecule has 2 aromatic carbocycles. The zero-order valence-corrected chi connectivity index (χ0v) is 21.2. The van der Waals surface area contributed by atoms with E-state index in [9.17, 15) is 26.4 Å². The summed E-state index contributed by atoms with van der Waals surface area (Å²) in [5.41, 5.74) is -1.20. The lowest BCUT2D eigenvalue weighted by molar-refractivity contribution is -0.153. The summed E-state index contributed by atoms with van der Waals surface area (Å²) in [6.45, 7) is 5.01. The van der Waals surface area contributed by atoms with Gasteiger partial charge in [-0.3, -0.25) is 9.10 Å². The van der Waals surface area contributed by atoms with Crippen molar-refractivity contribution in [2.45, 2.75) is 56.4 Å². The third kappa shape index (κ3) is 6.24. The number of anilines is 1. The van der Waals surface area contributed by atoms with Crippen LogP contribution in [0.25, 0.3) is 0 Å². The summed E-state index contributed by atoms with van der Waals surface area (Å²) in [6.07, 6.45) is -2.11. The Morgan fingerprint density at radius 3 is 2.59 bits per heavy atom. The number of carbonyl (C=O) groups is 1. The zero-order chi connectivity index (χ0) is 27.0. The number of aromatic nitrogens is 2. The van der Waals surface area contributed by atoms with Crippen molar-refractivity contribution in [3.05, 3.63) is 71.8 Å². The smallest absolute Gasteiger partial charge is 0.416 e. The fraction of sp³-hybridized carbons (Fsp3) is 0.360. The molecule has 0 aliphatic carbocycles. The molecule has 37 heavy (non-hydrogen) atoms. The Labute approximate surface area is 212 Å². The lowest BCUT2D eigenvalue weighted by Gasteiger charge is -2.35. The van der Waals surface area contributed by atoms with Gasteiger partial charge in [0.15, 0.2) is 0 Å². The van der Waals surface area contributed by atoms with Gasteiger partial charge in [-0.2, -0.15) is 13.2 Å². The van der Waals surface area contributed by atoms with Crippen molar-refractivity contribution in [3.63, 3.8) is 0 Å². The molecule has 1 aliphatic heterocycles. The van der Waals surface area contributed by atoms with E-state index in [1.54, 1.807) is 39.2 Å². The number of nitrogens with zero attached hydrogens (tertiary/aromatic N) is 2. The largest absolute Gasteiger partial charge is 0.486 e. The minimum atomic E-state index is -4.71. The van der Waals surface area contributed by atoms with Gasteiger partial charge in [-0.1, -0.05) is 12.1 Å². The number of ether oxygens (including phenoxy) is 2. The Morgan fingerprint density at radius 1 is 1.19 bits per heavy atom. The minimum absolute atomic E-state index is 0.120. The molecular formula is C25H26F3N3O5S. The number of rotatable bonds is 6. The number of hydrogen-bond donors (Lipinski definition) is 1. The van der Waals surface area contributed by atoms with Crippen LogP contribution in [0.4, 0.5) is 18.9 Å². The third-order valence-electron chi connectivity index (χ3n) is 5.45. The van der Waals surface area contributed by atoms with Gasteiger partial charge >= 0.3 is 12.1 Å². The number of carbonyl (C=O) groups excluding carboxylic acids is 1. The summed E-state index contributed by atoms with van der Waals surface area (Å²) < 4.78 is 79.7. The van der Waals surface area contributed by atoms with Gasteiger partial charge in [0.1, 0.15) is 23.3 Å². The second-order valence-electron chi connectivity index (χ2n) is 9.61. The summed E-state index contributed by atoms with van der Waals surface area (Å²) in [5.74, 6) is 0.268. The van der Waals surface area contributed by atoms with Crippen LogP contribution in [-0.4, -0.2) is 42.6 Å². The molecule has 2 heterocycles. The van der Waals surface area contributed by atoms with Gasteiger partial charge < -0.3 is 14.5 Å². The highest BCUT2D eigenvalue weighted by Crippen LogP contribution is 2.39. The van der Waals surface area contributed by atoms with Crippen LogP contribution in [0, 0.1) is 0 Å². The van der Waals surface area contributed by atoms with Gasteiger partial charge in [0, 0.05) is 18.8 Å². The van der Waals surface area contributed by atoms with E-state index in [-0.39, 0.29) is 30.8 Å². The highest BCUT2D eigenvalue weighted by molar-refractivity contribution is 7.92. The average Bonchev–Trinajstić information content (AvgIpc) is 3.30. The van der Waals surface area contributed by atoms with Crippen LogP contribution in [-0.2, 0) is 38.6 Å². The average molecular weight is 538 g/mol. The van der Waals surface area contributed by atoms with E-state index in [1.165, 1.54) is 12.1 Å². The van der Waals surface area contributed by atoms with Crippen molar-refractivity contribution in [1.29, 1.82) is 0 Å². The molecule has 8 nitrogen and oxygen atoms in total. The van der Waals surface area contributed by atoms with Gasteiger partial charge in [0.2, 0.25) is 0 Å². The van der Waals surface area contributed by atoms with Crippen molar-refractivity contribution in [1.82, 2.24) is 9.97 Å². The number of hydrogen-bond acceptors (Lipinski definition) is 6. The van der Waals surface area contributed by atoms with Gasteiger partial charge in [-0.05, 0) is 56.7 Å². The van der Waals surface area contributed by atoms with Crippen molar-refractivity contribution in [2.24, 2.45) is 0 Å². The molecule has 0 saturated carbocycles. The normalized spacial score (nSPS) is 16.2. The topological polar surface area (TPSA) is 102 Å². The maximum Gasteiger partial charge on any atom is 0.416 e. The van der Waals surface area contributed by atoms with E-state index in [0.717, 1.165) is 22.5 Å². The third-order valence-corrected chi connectivity index (χ3v) is 7.22. The molecule has 198 valence electrons. The Balaban J connectivity index is 1.73. The summed E-state index contributed by atoms with van der Waals surface area (Å²) in [6, 6.07) is 8.22. The van der Waals surface area contributed by atoms with Crippen LogP contribution >= 0.6 is 0 Å². The zero-order valence-electron chi connectivity index (χ0n) is 20.4. The lowest BCUT2D eigenvalue weighted by Crippen LogP contribution is -2.44. The van der Waals surface area contributed by atoms with E-state index in [0.29, 0.717) is 17.5 Å². The number of esters is 1. The number of fused-ring (bicyclic) bond motifs is 1. The SMILES string of the molecule is CC(C)(C)OC(=O)Cc1ccc2c(c1)N(S(=O)(=O)c1cccc(C(F)(F)F)c1)CC(Cc1ncc[nH]1)O2. The Bertz CT molecular complexity index is 1380. The molecule has 1 aliphatic rings. The van der Waals surface area contributed by atoms with Crippen molar-refractivity contribution in [2.75, 3.05) is 10.8 Å². The lowest BCUT2D eigenvalue weighted by atomic mass is 10.1. The highest BCUT2D eigenvalue weighted by Gasteiger charge is 2.37. The van der Waals surface area contributed by atoms with Gasteiger partial charge in [0.05, 0.1) is 29.1 Å². The maximum absolute atomic E-state index is 13.7. The molecule has 1 atom stereocenters. The number of aromatic amines is 1. The van der Waals surface area contributed by atoms with E-state index < -0.39 is 44.3 Å². The van der Waals surface area contributed by atoms with E-state index >= 15 is 0 Å². The molecule has 1 aromatic heterocycles. The monoisotopic (exact) mass is 537 g/mol. The molecule has 3 aromatic rings. The molecule has 0 amide bonds. The van der Waals surface area contributed by atoms with E-state index in [2.05, 4.69) is 9.97 Å². The molecule has 12 heteroatoms. The van der Waals surface area contributed by atoms with Crippen molar-refractivity contribution < 1.29 is 35.9 Å². The molecule has 0 bridgehead atoms. The molecule has 4 rings (SSSR count). The predicted molar refractivity (Wildman–Crippen MR) is 129 cm³/mol. The van der Waals surface area contributed by atoms with Crippen molar-refractivity contribution in [3.8, 4) is 5.75 Å². The minimum Gasteiger partial charge on any atom is -0.486 e. The standard InChI is InChI=1S/C25H26F3N3O5S/c1-24(2,3)36-23(32)12-16-7-8-21-20(11-16)31(15-18(35-21)14-22-29-9-10-30-22)37(33,34)19-6-4-5-17(13-19)25(26,27)28/h4-11,13,18H,12,14-15H2,1-3H3,(H,29,30). The summed E-state index contributed by atoms with van der Waals surface area (Å²) in [5, 5.41) is 0. The predicted octanol–water partition coefficient (Wildman–Crippen LogP) is 4.51. The molecule has 0 radical (unpaired) electrons. The van der Waals surface area contributed by atoms with Crippen LogP contribution in [0.15, 0.2) is 59.8 Å². The number of halogens is 3. The molecular weight excluding hydrogens is 511 g/mol. The first-order chi connectivity index (χ1) is 17.2. The Hall–Kier alpha value is -3.54. The van der Waals surface area contributed by atoms with E-state index in [4.69, 9.17) is 9.47 Å². The molecule has 0 saturated heterocycles. The number of H-pyrrole nitrogens is 1. The number of nitrogens with one attached hydrogen (secondary N) is 1. The number of benzene rings is 2. The molecule has 1 unspecified atom stereocenters. The quantitative estimate of drug-likeness (QED) is 0.465. The first kappa shape index (κ1) is 26.5. The summed E-state index contributed by atoms with van der Waals surface area (Å²) >= 11 is 0. The maximum atomic E-state index is 13.7. The summed E-state index contributed by atoms with van der Waals surface area (Å²) in [4.78, 5) is 18.9. The second-order valence-corrected chi connectivity index (χ2v) is 11.5. The first-order valence-corrected chi connectivity index (χ1v) is 12.9. The van der Waals surface area contributed by atoms with Crippen LogP contribution in [0.2, 0.25) is 0 Å². The molecule has 1 N–H and O–H groups in total. The first-order valence-electron chi connectivity index (χ1n) is 11.4. The number of imidazole rings is 1. The number of sulfonamides is 1. The number of alkyl halides is 3. The van der Waals surface area contributed by atoms with Crippen LogP contribution in [0.1, 0.15) is 37.7 Å². The summed E-state index contributed by atoms with van der Waals surface area (Å²) in [7, 11) is -4.44. The Morgan fingerprint density at radius 2 is 1.95 bits per heavy atom. The Kier molecular flexibility index (Phi) is 6.97.